The van der Waals surface area contributed by atoms with Crippen molar-refractivity contribution in [3.05, 3.63) is 33.9 Å². The summed E-state index contributed by atoms with van der Waals surface area (Å²) < 4.78 is 4.86. The van der Waals surface area contributed by atoms with Gasteiger partial charge in [-0.05, 0) is 18.6 Å². The molecule has 0 aliphatic rings. The van der Waals surface area contributed by atoms with Gasteiger partial charge in [-0.1, -0.05) is 6.07 Å². The van der Waals surface area contributed by atoms with Crippen LogP contribution >= 0.6 is 12.4 Å². The van der Waals surface area contributed by atoms with Crippen molar-refractivity contribution in [3.8, 4) is 5.75 Å². The lowest BCUT2D eigenvalue weighted by atomic mass is 10.1. The van der Waals surface area contributed by atoms with Gasteiger partial charge < -0.3 is 10.5 Å². The van der Waals surface area contributed by atoms with Crippen molar-refractivity contribution in [1.82, 2.24) is 0 Å². The van der Waals surface area contributed by atoms with Gasteiger partial charge in [-0.3, -0.25) is 10.1 Å². The van der Waals surface area contributed by atoms with Gasteiger partial charge in [0, 0.05) is 12.1 Å². The van der Waals surface area contributed by atoms with Crippen LogP contribution in [-0.2, 0) is 0 Å². The zero-order chi connectivity index (χ0) is 10.7. The molecular weight excluding hydrogens is 220 g/mol. The van der Waals surface area contributed by atoms with Gasteiger partial charge in [0.1, 0.15) is 0 Å². The van der Waals surface area contributed by atoms with Gasteiger partial charge >= 0.3 is 5.69 Å². The van der Waals surface area contributed by atoms with Crippen molar-refractivity contribution in [1.29, 1.82) is 0 Å². The first-order valence-corrected chi connectivity index (χ1v) is 4.14. The summed E-state index contributed by atoms with van der Waals surface area (Å²) in [5, 5.41) is 10.6. The molecule has 0 unspecified atom stereocenters. The summed E-state index contributed by atoms with van der Waals surface area (Å²) in [6.45, 7) is 1.77. The van der Waals surface area contributed by atoms with E-state index in [-0.39, 0.29) is 29.9 Å². The van der Waals surface area contributed by atoms with Crippen molar-refractivity contribution in [2.24, 2.45) is 5.73 Å². The van der Waals surface area contributed by atoms with Crippen LogP contribution in [0.4, 0.5) is 5.69 Å². The fourth-order valence-electron chi connectivity index (χ4n) is 1.13. The Kier molecular flexibility index (Phi) is 5.04. The maximum atomic E-state index is 10.6. The second-order valence-corrected chi connectivity index (χ2v) is 2.98. The molecule has 6 heteroatoms. The lowest BCUT2D eigenvalue weighted by molar-refractivity contribution is -0.385. The first-order valence-electron chi connectivity index (χ1n) is 4.14. The Morgan fingerprint density at radius 2 is 2.13 bits per heavy atom. The lowest BCUT2D eigenvalue weighted by Crippen LogP contribution is -2.05. The van der Waals surface area contributed by atoms with Gasteiger partial charge in [-0.15, -0.1) is 12.4 Å². The molecule has 0 aliphatic carbocycles. The highest BCUT2D eigenvalue weighted by atomic mass is 35.5. The maximum Gasteiger partial charge on any atom is 0.311 e. The summed E-state index contributed by atoms with van der Waals surface area (Å²) in [6, 6.07) is 4.48. The lowest BCUT2D eigenvalue weighted by Gasteiger charge is -2.07. The number of hydrogen-bond donors (Lipinski definition) is 1. The Morgan fingerprint density at radius 1 is 1.53 bits per heavy atom. The second-order valence-electron chi connectivity index (χ2n) is 2.98. The van der Waals surface area contributed by atoms with Gasteiger partial charge in [0.05, 0.1) is 12.0 Å². The molecule has 1 aromatic rings. The minimum Gasteiger partial charge on any atom is -0.490 e. The molecule has 1 aromatic carbocycles. The number of nitrogens with two attached hydrogens (primary N) is 1. The molecule has 15 heavy (non-hydrogen) atoms. The van der Waals surface area contributed by atoms with E-state index in [0.717, 1.165) is 5.56 Å². The van der Waals surface area contributed by atoms with Crippen LogP contribution in [0.3, 0.4) is 0 Å². The van der Waals surface area contributed by atoms with Crippen molar-refractivity contribution < 1.29 is 9.66 Å². The number of ether oxygens (including phenoxy) is 1. The highest BCUT2D eigenvalue weighted by Crippen LogP contribution is 2.28. The van der Waals surface area contributed by atoms with Crippen molar-refractivity contribution in [2.75, 3.05) is 7.11 Å². The highest BCUT2D eigenvalue weighted by Gasteiger charge is 2.15. The smallest absolute Gasteiger partial charge is 0.311 e. The maximum absolute atomic E-state index is 10.6. The molecule has 0 aromatic heterocycles. The monoisotopic (exact) mass is 232 g/mol. The van der Waals surface area contributed by atoms with Crippen LogP contribution in [0.25, 0.3) is 0 Å². The number of benzene rings is 1. The zero-order valence-corrected chi connectivity index (χ0v) is 9.28. The van der Waals surface area contributed by atoms with Crippen LogP contribution in [0.2, 0.25) is 0 Å². The number of halogens is 1. The molecule has 84 valence electrons. The van der Waals surface area contributed by atoms with Crippen LogP contribution in [0.5, 0.6) is 5.75 Å². The first kappa shape index (κ1) is 13.7. The van der Waals surface area contributed by atoms with Crippen LogP contribution < -0.4 is 10.5 Å². The van der Waals surface area contributed by atoms with E-state index in [1.54, 1.807) is 19.1 Å². The van der Waals surface area contributed by atoms with Gasteiger partial charge in [0.25, 0.3) is 0 Å². The third kappa shape index (κ3) is 3.07. The standard InChI is InChI=1S/C9H12N2O3.ClH/c1-6(10)7-3-4-9(14-2)8(5-7)11(12)13;/h3-6H,10H2,1-2H3;1H/t6-;/m1./s1. The van der Waals surface area contributed by atoms with E-state index in [9.17, 15) is 10.1 Å². The van der Waals surface area contributed by atoms with Crippen molar-refractivity contribution in [3.63, 3.8) is 0 Å². The summed E-state index contributed by atoms with van der Waals surface area (Å²) in [5.41, 5.74) is 6.28. The van der Waals surface area contributed by atoms with Crippen LogP contribution in [0.1, 0.15) is 18.5 Å². The summed E-state index contributed by atoms with van der Waals surface area (Å²) in [6.07, 6.45) is 0. The number of hydrogen-bond acceptors (Lipinski definition) is 4. The van der Waals surface area contributed by atoms with Crippen LogP contribution in [0.15, 0.2) is 18.2 Å². The summed E-state index contributed by atoms with van der Waals surface area (Å²) in [5.74, 6) is 0.249. The fourth-order valence-corrected chi connectivity index (χ4v) is 1.13. The third-order valence-electron chi connectivity index (χ3n) is 1.93. The molecule has 0 amide bonds. The highest BCUT2D eigenvalue weighted by molar-refractivity contribution is 5.85. The molecule has 5 nitrogen and oxygen atoms in total. The summed E-state index contributed by atoms with van der Waals surface area (Å²) in [7, 11) is 1.40. The Balaban J connectivity index is 0.00000196. The Hall–Kier alpha value is -1.33. The normalized spacial score (nSPS) is 11.4. The number of nitrogens with zero attached hydrogens (tertiary/aromatic N) is 1. The average Bonchev–Trinajstić information content (AvgIpc) is 2.16. The van der Waals surface area contributed by atoms with E-state index in [1.807, 2.05) is 0 Å². The molecule has 0 fully saturated rings. The van der Waals surface area contributed by atoms with Gasteiger partial charge in [0.2, 0.25) is 0 Å². The summed E-state index contributed by atoms with van der Waals surface area (Å²) >= 11 is 0. The minimum absolute atomic E-state index is 0. The Labute approximate surface area is 93.8 Å². The second kappa shape index (κ2) is 5.53. The zero-order valence-electron chi connectivity index (χ0n) is 8.47. The van der Waals surface area contributed by atoms with E-state index >= 15 is 0 Å². The fraction of sp³-hybridized carbons (Fsp3) is 0.333. The predicted octanol–water partition coefficient (Wildman–Crippen LogP) is 2.04. The molecule has 0 heterocycles. The van der Waals surface area contributed by atoms with E-state index < -0.39 is 4.92 Å². The molecule has 2 N–H and O–H groups in total. The topological polar surface area (TPSA) is 78.4 Å². The molecule has 0 bridgehead atoms. The van der Waals surface area contributed by atoms with Gasteiger partial charge in [0.15, 0.2) is 5.75 Å². The largest absolute Gasteiger partial charge is 0.490 e. The van der Waals surface area contributed by atoms with Crippen LogP contribution in [0, 0.1) is 10.1 Å². The number of rotatable bonds is 3. The first-order chi connectivity index (χ1) is 6.56. The SMILES string of the molecule is COc1ccc([C@@H](C)N)cc1[N+](=O)[O-].Cl. The Bertz CT molecular complexity index is 355. The van der Waals surface area contributed by atoms with Gasteiger partial charge in [-0.25, -0.2) is 0 Å². The molecule has 1 rings (SSSR count). The van der Waals surface area contributed by atoms with Crippen molar-refractivity contribution >= 4 is 18.1 Å². The molecule has 1 atom stereocenters. The van der Waals surface area contributed by atoms with Crippen molar-refractivity contribution in [2.45, 2.75) is 13.0 Å². The molecule has 0 saturated heterocycles. The Morgan fingerprint density at radius 3 is 2.53 bits per heavy atom. The predicted molar refractivity (Wildman–Crippen MR) is 59.5 cm³/mol. The van der Waals surface area contributed by atoms with Crippen LogP contribution in [-0.4, -0.2) is 12.0 Å². The molecular formula is C9H13ClN2O3. The third-order valence-corrected chi connectivity index (χ3v) is 1.93. The molecule has 0 radical (unpaired) electrons. The number of methoxy groups -OCH3 is 1. The summed E-state index contributed by atoms with van der Waals surface area (Å²) in [4.78, 5) is 10.2. The van der Waals surface area contributed by atoms with E-state index in [4.69, 9.17) is 10.5 Å². The van der Waals surface area contributed by atoms with E-state index in [1.165, 1.54) is 13.2 Å². The minimum atomic E-state index is -0.481. The number of nitro groups is 1. The van der Waals surface area contributed by atoms with E-state index in [0.29, 0.717) is 0 Å². The molecule has 0 aliphatic heterocycles. The quantitative estimate of drug-likeness (QED) is 0.639. The molecule has 0 saturated carbocycles. The number of nitro benzene ring substituents is 1. The van der Waals surface area contributed by atoms with Gasteiger partial charge in [-0.2, -0.15) is 0 Å². The average molecular weight is 233 g/mol. The molecule has 0 spiro atoms. The van der Waals surface area contributed by atoms with E-state index in [2.05, 4.69) is 0 Å².